The maximum absolute atomic E-state index is 5.30. The molecule has 2 rings (SSSR count). The Morgan fingerprint density at radius 3 is 2.40 bits per heavy atom. The summed E-state index contributed by atoms with van der Waals surface area (Å²) in [5.41, 5.74) is 3.03. The summed E-state index contributed by atoms with van der Waals surface area (Å²) < 4.78 is 6.10. The number of ether oxygens (including phenoxy) is 1. The normalized spacial score (nSPS) is 9.95. The molecule has 5 heteroatoms. The minimum absolute atomic E-state index is 0.541. The highest BCUT2D eigenvalue weighted by Crippen LogP contribution is 2.23. The molecule has 0 saturated carbocycles. The standard InChI is InChI=1S/C15H15BrN2OS/c1-10-3-8-14(13(16)9-10)18-15(20)17-11-4-6-12(19-2)7-5-11/h3-9H,1-2H3,(H2,17,18,20). The van der Waals surface area contributed by atoms with Crippen molar-refractivity contribution in [3.05, 3.63) is 52.5 Å². The van der Waals surface area contributed by atoms with Crippen molar-refractivity contribution in [1.82, 2.24) is 0 Å². The lowest BCUT2D eigenvalue weighted by Gasteiger charge is -2.12. The molecule has 20 heavy (non-hydrogen) atoms. The van der Waals surface area contributed by atoms with Crippen LogP contribution < -0.4 is 15.4 Å². The van der Waals surface area contributed by atoms with Crippen LogP contribution in [-0.4, -0.2) is 12.2 Å². The lowest BCUT2D eigenvalue weighted by molar-refractivity contribution is 0.415. The molecule has 0 atom stereocenters. The topological polar surface area (TPSA) is 33.3 Å². The highest BCUT2D eigenvalue weighted by atomic mass is 79.9. The van der Waals surface area contributed by atoms with Crippen LogP contribution in [0.25, 0.3) is 0 Å². The summed E-state index contributed by atoms with van der Waals surface area (Å²) in [5, 5.41) is 6.83. The number of hydrogen-bond donors (Lipinski definition) is 2. The van der Waals surface area contributed by atoms with Crippen molar-refractivity contribution in [3.8, 4) is 5.75 Å². The van der Waals surface area contributed by atoms with Crippen LogP contribution in [-0.2, 0) is 0 Å². The van der Waals surface area contributed by atoms with Gasteiger partial charge in [0.1, 0.15) is 5.75 Å². The Hall–Kier alpha value is -1.59. The lowest BCUT2D eigenvalue weighted by Crippen LogP contribution is -2.19. The van der Waals surface area contributed by atoms with E-state index in [0.29, 0.717) is 5.11 Å². The third-order valence-corrected chi connectivity index (χ3v) is 3.58. The van der Waals surface area contributed by atoms with E-state index in [1.54, 1.807) is 7.11 Å². The van der Waals surface area contributed by atoms with E-state index in [9.17, 15) is 0 Å². The average molecular weight is 351 g/mol. The second kappa shape index (κ2) is 6.72. The summed E-state index contributed by atoms with van der Waals surface area (Å²) in [7, 11) is 1.64. The largest absolute Gasteiger partial charge is 0.497 e. The molecule has 0 spiro atoms. The monoisotopic (exact) mass is 350 g/mol. The van der Waals surface area contributed by atoms with E-state index in [-0.39, 0.29) is 0 Å². The van der Waals surface area contributed by atoms with Crippen LogP contribution in [0.1, 0.15) is 5.56 Å². The molecule has 0 saturated heterocycles. The molecule has 2 N–H and O–H groups in total. The van der Waals surface area contributed by atoms with E-state index in [4.69, 9.17) is 17.0 Å². The SMILES string of the molecule is COc1ccc(NC(=S)Nc2ccc(C)cc2Br)cc1. The zero-order valence-corrected chi connectivity index (χ0v) is 13.6. The average Bonchev–Trinajstić information content (AvgIpc) is 2.43. The van der Waals surface area contributed by atoms with E-state index < -0.39 is 0 Å². The van der Waals surface area contributed by atoms with Crippen LogP contribution >= 0.6 is 28.1 Å². The number of benzene rings is 2. The third-order valence-electron chi connectivity index (χ3n) is 2.72. The first-order chi connectivity index (χ1) is 9.58. The van der Waals surface area contributed by atoms with Crippen LogP contribution in [0, 0.1) is 6.92 Å². The van der Waals surface area contributed by atoms with Crippen molar-refractivity contribution in [2.45, 2.75) is 6.92 Å². The zero-order chi connectivity index (χ0) is 14.5. The van der Waals surface area contributed by atoms with Crippen LogP contribution in [0.4, 0.5) is 11.4 Å². The minimum atomic E-state index is 0.541. The second-order valence-electron chi connectivity index (χ2n) is 4.29. The fourth-order valence-corrected chi connectivity index (χ4v) is 2.50. The van der Waals surface area contributed by atoms with Gasteiger partial charge in [-0.1, -0.05) is 6.07 Å². The van der Waals surface area contributed by atoms with Gasteiger partial charge in [-0.2, -0.15) is 0 Å². The zero-order valence-electron chi connectivity index (χ0n) is 11.2. The Labute approximate surface area is 132 Å². The number of methoxy groups -OCH3 is 1. The highest BCUT2D eigenvalue weighted by Gasteiger charge is 2.03. The summed E-state index contributed by atoms with van der Waals surface area (Å²) in [6.07, 6.45) is 0. The summed E-state index contributed by atoms with van der Waals surface area (Å²) in [5.74, 6) is 0.815. The number of nitrogens with one attached hydrogen (secondary N) is 2. The molecule has 0 bridgehead atoms. The molecule has 0 aliphatic carbocycles. The number of thiocarbonyl (C=S) groups is 1. The first-order valence-electron chi connectivity index (χ1n) is 6.06. The van der Waals surface area contributed by atoms with E-state index in [1.807, 2.05) is 49.4 Å². The van der Waals surface area contributed by atoms with Gasteiger partial charge in [0, 0.05) is 10.2 Å². The summed E-state index contributed by atoms with van der Waals surface area (Å²) in [4.78, 5) is 0. The van der Waals surface area contributed by atoms with Gasteiger partial charge in [-0.05, 0) is 77.0 Å². The van der Waals surface area contributed by atoms with E-state index in [2.05, 4.69) is 26.6 Å². The molecule has 104 valence electrons. The van der Waals surface area contributed by atoms with Gasteiger partial charge in [0.05, 0.1) is 12.8 Å². The molecule has 0 aliphatic rings. The van der Waals surface area contributed by atoms with Crippen molar-refractivity contribution in [2.75, 3.05) is 17.7 Å². The lowest BCUT2D eigenvalue weighted by atomic mass is 10.2. The van der Waals surface area contributed by atoms with Gasteiger partial charge in [0.25, 0.3) is 0 Å². The van der Waals surface area contributed by atoms with Gasteiger partial charge in [0.2, 0.25) is 0 Å². The summed E-state index contributed by atoms with van der Waals surface area (Å²) >= 11 is 8.81. The molecule has 0 heterocycles. The van der Waals surface area contributed by atoms with Gasteiger partial charge in [-0.25, -0.2) is 0 Å². The van der Waals surface area contributed by atoms with E-state index in [1.165, 1.54) is 5.56 Å². The predicted molar refractivity (Wildman–Crippen MR) is 91.7 cm³/mol. The minimum Gasteiger partial charge on any atom is -0.497 e. The predicted octanol–water partition coefficient (Wildman–Crippen LogP) is 4.58. The summed E-state index contributed by atoms with van der Waals surface area (Å²) in [6, 6.07) is 13.6. The fraction of sp³-hybridized carbons (Fsp3) is 0.133. The molecule has 0 amide bonds. The number of halogens is 1. The molecule has 0 fully saturated rings. The quantitative estimate of drug-likeness (QED) is 0.794. The maximum atomic E-state index is 5.30. The highest BCUT2D eigenvalue weighted by molar-refractivity contribution is 9.10. The molecule has 0 radical (unpaired) electrons. The molecular formula is C15H15BrN2OS. The van der Waals surface area contributed by atoms with Gasteiger partial charge in [-0.3, -0.25) is 0 Å². The number of anilines is 2. The van der Waals surface area contributed by atoms with Gasteiger partial charge < -0.3 is 15.4 Å². The molecule has 0 aliphatic heterocycles. The Kier molecular flexibility index (Phi) is 4.98. The molecule has 3 nitrogen and oxygen atoms in total. The van der Waals surface area contributed by atoms with Crippen molar-refractivity contribution >= 4 is 44.6 Å². The first-order valence-corrected chi connectivity index (χ1v) is 7.27. The molecule has 2 aromatic carbocycles. The van der Waals surface area contributed by atoms with E-state index >= 15 is 0 Å². The smallest absolute Gasteiger partial charge is 0.175 e. The molecule has 0 unspecified atom stereocenters. The molecule has 2 aromatic rings. The van der Waals surface area contributed by atoms with Crippen molar-refractivity contribution in [2.24, 2.45) is 0 Å². The third kappa shape index (κ3) is 3.95. The van der Waals surface area contributed by atoms with Gasteiger partial charge in [-0.15, -0.1) is 0 Å². The van der Waals surface area contributed by atoms with Crippen molar-refractivity contribution in [1.29, 1.82) is 0 Å². The van der Waals surface area contributed by atoms with Crippen LogP contribution in [0.15, 0.2) is 46.9 Å². The fourth-order valence-electron chi connectivity index (χ4n) is 1.68. The Bertz CT molecular complexity index is 614. The first kappa shape index (κ1) is 14.8. The Morgan fingerprint density at radius 1 is 1.10 bits per heavy atom. The van der Waals surface area contributed by atoms with Gasteiger partial charge >= 0.3 is 0 Å². The van der Waals surface area contributed by atoms with Gasteiger partial charge in [0.15, 0.2) is 5.11 Å². The number of aryl methyl sites for hydroxylation is 1. The second-order valence-corrected chi connectivity index (χ2v) is 5.55. The van der Waals surface area contributed by atoms with Crippen molar-refractivity contribution in [3.63, 3.8) is 0 Å². The van der Waals surface area contributed by atoms with Crippen LogP contribution in [0.3, 0.4) is 0 Å². The summed E-state index contributed by atoms with van der Waals surface area (Å²) in [6.45, 7) is 2.04. The molecular weight excluding hydrogens is 336 g/mol. The number of hydrogen-bond acceptors (Lipinski definition) is 2. The Morgan fingerprint density at radius 2 is 1.80 bits per heavy atom. The van der Waals surface area contributed by atoms with Crippen LogP contribution in [0.2, 0.25) is 0 Å². The van der Waals surface area contributed by atoms with Crippen LogP contribution in [0.5, 0.6) is 5.75 Å². The van der Waals surface area contributed by atoms with E-state index in [0.717, 1.165) is 21.6 Å². The molecule has 0 aromatic heterocycles. The number of rotatable bonds is 3. The maximum Gasteiger partial charge on any atom is 0.175 e. The Balaban J connectivity index is 2.01. The van der Waals surface area contributed by atoms with Crippen molar-refractivity contribution < 1.29 is 4.74 Å².